The summed E-state index contributed by atoms with van der Waals surface area (Å²) in [7, 11) is 1.64. The third-order valence-corrected chi connectivity index (χ3v) is 2.59. The Morgan fingerprint density at radius 3 is 2.79 bits per heavy atom. The summed E-state index contributed by atoms with van der Waals surface area (Å²) in [5.41, 5.74) is 0.925. The van der Waals surface area contributed by atoms with Crippen LogP contribution in [-0.4, -0.2) is 13.7 Å². The van der Waals surface area contributed by atoms with Gasteiger partial charge >= 0.3 is 0 Å². The Morgan fingerprint density at radius 1 is 1.50 bits per heavy atom. The van der Waals surface area contributed by atoms with Crippen molar-refractivity contribution in [1.82, 2.24) is 0 Å². The Kier molecular flexibility index (Phi) is 4.55. The molecular formula is C10H13BrClNO. The van der Waals surface area contributed by atoms with E-state index in [9.17, 15) is 0 Å². The van der Waals surface area contributed by atoms with Crippen LogP contribution < -0.4 is 10.1 Å². The minimum absolute atomic E-state index is 0.691. The third-order valence-electron chi connectivity index (χ3n) is 1.78. The van der Waals surface area contributed by atoms with Crippen LogP contribution in [0.2, 0.25) is 5.02 Å². The van der Waals surface area contributed by atoms with Crippen molar-refractivity contribution in [3.63, 3.8) is 0 Å². The van der Waals surface area contributed by atoms with E-state index in [4.69, 9.17) is 16.3 Å². The molecular weight excluding hydrogens is 265 g/mol. The number of methoxy groups -OCH3 is 1. The van der Waals surface area contributed by atoms with Crippen molar-refractivity contribution >= 4 is 33.2 Å². The zero-order chi connectivity index (χ0) is 10.6. The Morgan fingerprint density at radius 2 is 2.21 bits per heavy atom. The number of rotatable bonds is 4. The smallest absolute Gasteiger partial charge is 0.156 e. The summed E-state index contributed by atoms with van der Waals surface area (Å²) in [5.74, 6) is 0.794. The maximum Gasteiger partial charge on any atom is 0.156 e. The molecule has 0 unspecified atom stereocenters. The summed E-state index contributed by atoms with van der Waals surface area (Å²) in [6.07, 6.45) is 1.06. The average Bonchev–Trinajstić information content (AvgIpc) is 2.14. The van der Waals surface area contributed by atoms with Gasteiger partial charge in [0.25, 0.3) is 0 Å². The summed E-state index contributed by atoms with van der Waals surface area (Å²) in [4.78, 5) is 0. The van der Waals surface area contributed by atoms with E-state index in [0.29, 0.717) is 5.02 Å². The van der Waals surface area contributed by atoms with E-state index in [0.717, 1.165) is 28.9 Å². The quantitative estimate of drug-likeness (QED) is 0.901. The van der Waals surface area contributed by atoms with Crippen molar-refractivity contribution < 1.29 is 4.74 Å². The van der Waals surface area contributed by atoms with E-state index < -0.39 is 0 Å². The normalized spacial score (nSPS) is 10.0. The second-order valence-electron chi connectivity index (χ2n) is 2.90. The first-order valence-corrected chi connectivity index (χ1v) is 5.63. The van der Waals surface area contributed by atoms with Gasteiger partial charge in [0.15, 0.2) is 5.75 Å². The largest absolute Gasteiger partial charge is 0.493 e. The molecule has 0 aliphatic rings. The van der Waals surface area contributed by atoms with Crippen molar-refractivity contribution in [2.75, 3.05) is 19.0 Å². The van der Waals surface area contributed by atoms with Gasteiger partial charge in [-0.25, -0.2) is 0 Å². The van der Waals surface area contributed by atoms with E-state index in [1.165, 1.54) is 0 Å². The maximum absolute atomic E-state index is 5.93. The van der Waals surface area contributed by atoms with Crippen molar-refractivity contribution in [3.8, 4) is 5.75 Å². The lowest BCUT2D eigenvalue weighted by Gasteiger charge is -2.12. The molecule has 78 valence electrons. The summed E-state index contributed by atoms with van der Waals surface area (Å²) < 4.78 is 6.13. The number of benzene rings is 1. The van der Waals surface area contributed by atoms with Crippen LogP contribution in [0, 0.1) is 0 Å². The van der Waals surface area contributed by atoms with E-state index in [2.05, 4.69) is 28.2 Å². The lowest BCUT2D eigenvalue weighted by molar-refractivity contribution is 0.414. The summed E-state index contributed by atoms with van der Waals surface area (Å²) in [5, 5.41) is 3.95. The molecule has 4 heteroatoms. The number of hydrogen-bond donors (Lipinski definition) is 1. The predicted molar refractivity (Wildman–Crippen MR) is 64.5 cm³/mol. The van der Waals surface area contributed by atoms with E-state index in [-0.39, 0.29) is 0 Å². The summed E-state index contributed by atoms with van der Waals surface area (Å²) >= 11 is 9.33. The van der Waals surface area contributed by atoms with Crippen LogP contribution in [0.1, 0.15) is 13.3 Å². The SMILES string of the molecule is CCCNc1cc(Cl)cc(Br)c1OC. The molecule has 0 aliphatic heterocycles. The monoisotopic (exact) mass is 277 g/mol. The Balaban J connectivity index is 2.99. The van der Waals surface area contributed by atoms with Gasteiger partial charge in [0.05, 0.1) is 17.3 Å². The molecule has 0 saturated carbocycles. The van der Waals surface area contributed by atoms with Crippen LogP contribution in [-0.2, 0) is 0 Å². The average molecular weight is 279 g/mol. The fourth-order valence-electron chi connectivity index (χ4n) is 1.16. The molecule has 1 rings (SSSR count). The molecule has 0 aliphatic carbocycles. The molecule has 0 heterocycles. The fraction of sp³-hybridized carbons (Fsp3) is 0.400. The molecule has 2 nitrogen and oxygen atoms in total. The van der Waals surface area contributed by atoms with Crippen molar-refractivity contribution in [1.29, 1.82) is 0 Å². The highest BCUT2D eigenvalue weighted by molar-refractivity contribution is 9.10. The van der Waals surface area contributed by atoms with Crippen molar-refractivity contribution in [2.45, 2.75) is 13.3 Å². The second-order valence-corrected chi connectivity index (χ2v) is 4.19. The van der Waals surface area contributed by atoms with Crippen LogP contribution in [0.15, 0.2) is 16.6 Å². The van der Waals surface area contributed by atoms with Crippen LogP contribution in [0.4, 0.5) is 5.69 Å². The van der Waals surface area contributed by atoms with Gasteiger partial charge in [-0.3, -0.25) is 0 Å². The van der Waals surface area contributed by atoms with Gasteiger partial charge in [-0.2, -0.15) is 0 Å². The van der Waals surface area contributed by atoms with Gasteiger partial charge < -0.3 is 10.1 Å². The van der Waals surface area contributed by atoms with Gasteiger partial charge in [0, 0.05) is 11.6 Å². The summed E-state index contributed by atoms with van der Waals surface area (Å²) in [6.45, 7) is 3.02. The first-order valence-electron chi connectivity index (χ1n) is 4.46. The standard InChI is InChI=1S/C10H13BrClNO/c1-3-4-13-9-6-7(12)5-8(11)10(9)14-2/h5-6,13H,3-4H2,1-2H3. The van der Waals surface area contributed by atoms with E-state index in [1.54, 1.807) is 7.11 Å². The van der Waals surface area contributed by atoms with Gasteiger partial charge in [0.1, 0.15) is 0 Å². The zero-order valence-electron chi connectivity index (χ0n) is 8.23. The highest BCUT2D eigenvalue weighted by atomic mass is 79.9. The Labute approximate surface area is 97.7 Å². The van der Waals surface area contributed by atoms with E-state index >= 15 is 0 Å². The molecule has 14 heavy (non-hydrogen) atoms. The van der Waals surface area contributed by atoms with Gasteiger partial charge in [-0.05, 0) is 34.5 Å². The number of halogens is 2. The molecule has 0 aromatic heterocycles. The molecule has 0 atom stereocenters. The Bertz CT molecular complexity index is 317. The summed E-state index contributed by atoms with van der Waals surface area (Å²) in [6, 6.07) is 3.68. The first-order chi connectivity index (χ1) is 6.69. The second kappa shape index (κ2) is 5.47. The molecule has 0 fully saturated rings. The molecule has 0 saturated heterocycles. The van der Waals surface area contributed by atoms with Crippen molar-refractivity contribution in [2.24, 2.45) is 0 Å². The highest BCUT2D eigenvalue weighted by Gasteiger charge is 2.08. The van der Waals surface area contributed by atoms with Gasteiger partial charge in [0.2, 0.25) is 0 Å². The number of nitrogens with one attached hydrogen (secondary N) is 1. The van der Waals surface area contributed by atoms with Crippen LogP contribution in [0.5, 0.6) is 5.75 Å². The minimum Gasteiger partial charge on any atom is -0.493 e. The van der Waals surface area contributed by atoms with E-state index in [1.807, 2.05) is 12.1 Å². The highest BCUT2D eigenvalue weighted by Crippen LogP contribution is 2.36. The molecule has 1 aromatic rings. The Hall–Kier alpha value is -0.410. The third kappa shape index (κ3) is 2.79. The number of hydrogen-bond acceptors (Lipinski definition) is 2. The fourth-order valence-corrected chi connectivity index (χ4v) is 2.13. The molecule has 0 radical (unpaired) electrons. The minimum atomic E-state index is 0.691. The number of anilines is 1. The molecule has 0 bridgehead atoms. The zero-order valence-corrected chi connectivity index (χ0v) is 10.6. The lowest BCUT2D eigenvalue weighted by atomic mass is 10.3. The van der Waals surface area contributed by atoms with Crippen LogP contribution >= 0.6 is 27.5 Å². The maximum atomic E-state index is 5.93. The van der Waals surface area contributed by atoms with Gasteiger partial charge in [-0.15, -0.1) is 0 Å². The van der Waals surface area contributed by atoms with Crippen LogP contribution in [0.3, 0.4) is 0 Å². The first kappa shape index (κ1) is 11.7. The molecule has 0 amide bonds. The van der Waals surface area contributed by atoms with Crippen LogP contribution in [0.25, 0.3) is 0 Å². The topological polar surface area (TPSA) is 21.3 Å². The van der Waals surface area contributed by atoms with Crippen molar-refractivity contribution in [3.05, 3.63) is 21.6 Å². The molecule has 1 aromatic carbocycles. The predicted octanol–water partition coefficient (Wildman–Crippen LogP) is 3.93. The van der Waals surface area contributed by atoms with Gasteiger partial charge in [-0.1, -0.05) is 18.5 Å². The number of ether oxygens (including phenoxy) is 1. The molecule has 0 spiro atoms. The molecule has 1 N–H and O–H groups in total. The lowest BCUT2D eigenvalue weighted by Crippen LogP contribution is -2.02.